The Bertz CT molecular complexity index is 1110. The van der Waals surface area contributed by atoms with Crippen LogP contribution in [0.3, 0.4) is 0 Å². The zero-order chi connectivity index (χ0) is 22.9. The molecule has 2 aliphatic rings. The van der Waals surface area contributed by atoms with Crippen LogP contribution in [0.15, 0.2) is 48.6 Å². The Morgan fingerprint density at radius 3 is 2.72 bits per heavy atom. The predicted octanol–water partition coefficient (Wildman–Crippen LogP) is 4.92. The molecule has 6 nitrogen and oxygen atoms in total. The van der Waals surface area contributed by atoms with Crippen molar-refractivity contribution in [3.05, 3.63) is 65.2 Å². The Kier molecular flexibility index (Phi) is 5.78. The van der Waals surface area contributed by atoms with Crippen molar-refractivity contribution in [2.75, 3.05) is 12.0 Å². The lowest BCUT2D eigenvalue weighted by molar-refractivity contribution is -0.131. The van der Waals surface area contributed by atoms with Crippen LogP contribution in [0.5, 0.6) is 11.5 Å². The summed E-state index contributed by atoms with van der Waals surface area (Å²) in [4.78, 5) is 25.9. The summed E-state index contributed by atoms with van der Waals surface area (Å²) in [5.74, 6) is 0.363. The number of carboxylic acid groups (broad SMARTS) is 1. The SMILES string of the molecule is COc1c(CN(C(=O)C2CC2)c2cccc(/C=C/C(=O)O)c2)ccc2c1OC(C)(C)C=C2. The van der Waals surface area contributed by atoms with Gasteiger partial charge in [0.15, 0.2) is 11.5 Å². The number of methoxy groups -OCH3 is 1. The van der Waals surface area contributed by atoms with Gasteiger partial charge in [-0.3, -0.25) is 4.79 Å². The Morgan fingerprint density at radius 2 is 2.03 bits per heavy atom. The van der Waals surface area contributed by atoms with Gasteiger partial charge in [-0.15, -0.1) is 0 Å². The number of rotatable bonds is 7. The number of aliphatic carboxylic acids is 1. The molecule has 0 unspecified atom stereocenters. The maximum absolute atomic E-state index is 13.2. The molecule has 4 rings (SSSR count). The van der Waals surface area contributed by atoms with Gasteiger partial charge in [0, 0.05) is 28.8 Å². The van der Waals surface area contributed by atoms with Crippen molar-refractivity contribution in [2.45, 2.75) is 38.8 Å². The van der Waals surface area contributed by atoms with E-state index in [-0.39, 0.29) is 11.8 Å². The van der Waals surface area contributed by atoms with E-state index in [9.17, 15) is 9.59 Å². The van der Waals surface area contributed by atoms with Crippen molar-refractivity contribution >= 4 is 29.7 Å². The molecule has 6 heteroatoms. The van der Waals surface area contributed by atoms with Gasteiger partial charge in [-0.25, -0.2) is 4.79 Å². The highest BCUT2D eigenvalue weighted by Crippen LogP contribution is 2.42. The van der Waals surface area contributed by atoms with Gasteiger partial charge in [0.2, 0.25) is 5.91 Å². The van der Waals surface area contributed by atoms with Gasteiger partial charge in [0.1, 0.15) is 5.60 Å². The summed E-state index contributed by atoms with van der Waals surface area (Å²) in [6.07, 6.45) is 8.41. The molecule has 0 saturated heterocycles. The Labute approximate surface area is 187 Å². The van der Waals surface area contributed by atoms with Crippen molar-refractivity contribution < 1.29 is 24.2 Å². The second-order valence-electron chi connectivity index (χ2n) is 8.68. The number of benzene rings is 2. The van der Waals surface area contributed by atoms with E-state index in [4.69, 9.17) is 14.6 Å². The minimum atomic E-state index is -1.02. The molecular formula is C26H27NO5. The molecule has 1 heterocycles. The summed E-state index contributed by atoms with van der Waals surface area (Å²) in [7, 11) is 1.61. The number of hydrogen-bond acceptors (Lipinski definition) is 4. The molecule has 0 aromatic heterocycles. The highest BCUT2D eigenvalue weighted by atomic mass is 16.5. The van der Waals surface area contributed by atoms with E-state index in [1.54, 1.807) is 12.0 Å². The van der Waals surface area contributed by atoms with Gasteiger partial charge >= 0.3 is 5.97 Å². The van der Waals surface area contributed by atoms with Gasteiger partial charge in [0.25, 0.3) is 0 Å². The molecule has 1 fully saturated rings. The van der Waals surface area contributed by atoms with E-state index < -0.39 is 11.6 Å². The second kappa shape index (κ2) is 8.54. The lowest BCUT2D eigenvalue weighted by atomic mass is 9.99. The first-order valence-electron chi connectivity index (χ1n) is 10.7. The van der Waals surface area contributed by atoms with Crippen molar-refractivity contribution in [2.24, 2.45) is 5.92 Å². The third kappa shape index (κ3) is 4.69. The topological polar surface area (TPSA) is 76.1 Å². The van der Waals surface area contributed by atoms with Crippen molar-refractivity contribution in [3.63, 3.8) is 0 Å². The number of hydrogen-bond donors (Lipinski definition) is 1. The lowest BCUT2D eigenvalue weighted by Gasteiger charge is -2.31. The number of carboxylic acids is 1. The highest BCUT2D eigenvalue weighted by Gasteiger charge is 2.35. The van der Waals surface area contributed by atoms with Crippen LogP contribution < -0.4 is 14.4 Å². The maximum Gasteiger partial charge on any atom is 0.328 e. The summed E-state index contributed by atoms with van der Waals surface area (Å²) in [5.41, 5.74) is 2.76. The van der Waals surface area contributed by atoms with Crippen LogP contribution in [0.1, 0.15) is 43.4 Å². The summed E-state index contributed by atoms with van der Waals surface area (Å²) in [5, 5.41) is 8.93. The summed E-state index contributed by atoms with van der Waals surface area (Å²) < 4.78 is 11.9. The van der Waals surface area contributed by atoms with Gasteiger partial charge < -0.3 is 19.5 Å². The van der Waals surface area contributed by atoms with E-state index in [1.807, 2.05) is 62.4 Å². The quantitative estimate of drug-likeness (QED) is 0.627. The number of nitrogens with zero attached hydrogens (tertiary/aromatic N) is 1. The molecule has 0 atom stereocenters. The minimum Gasteiger partial charge on any atom is -0.492 e. The number of fused-ring (bicyclic) bond motifs is 1. The Balaban J connectivity index is 1.71. The fraction of sp³-hybridized carbons (Fsp3) is 0.308. The monoisotopic (exact) mass is 433 g/mol. The molecule has 1 saturated carbocycles. The van der Waals surface area contributed by atoms with Gasteiger partial charge in [-0.1, -0.05) is 30.3 Å². The van der Waals surface area contributed by atoms with Crippen LogP contribution in [0, 0.1) is 5.92 Å². The van der Waals surface area contributed by atoms with Crippen LogP contribution >= 0.6 is 0 Å². The fourth-order valence-electron chi connectivity index (χ4n) is 3.77. The van der Waals surface area contributed by atoms with Crippen LogP contribution in [0.4, 0.5) is 5.69 Å². The van der Waals surface area contributed by atoms with E-state index in [2.05, 4.69) is 0 Å². The van der Waals surface area contributed by atoms with E-state index in [0.717, 1.165) is 35.7 Å². The van der Waals surface area contributed by atoms with E-state index in [1.165, 1.54) is 6.08 Å². The molecular weight excluding hydrogens is 406 g/mol. The summed E-state index contributed by atoms with van der Waals surface area (Å²) in [6, 6.07) is 11.3. The molecule has 0 bridgehead atoms. The zero-order valence-corrected chi connectivity index (χ0v) is 18.5. The first-order chi connectivity index (χ1) is 15.3. The molecule has 32 heavy (non-hydrogen) atoms. The lowest BCUT2D eigenvalue weighted by Crippen LogP contribution is -2.32. The fourth-order valence-corrected chi connectivity index (χ4v) is 3.77. The van der Waals surface area contributed by atoms with Crippen molar-refractivity contribution in [1.29, 1.82) is 0 Å². The van der Waals surface area contributed by atoms with Crippen LogP contribution in [0.25, 0.3) is 12.2 Å². The molecule has 0 spiro atoms. The Hall–Kier alpha value is -3.54. The third-order valence-electron chi connectivity index (χ3n) is 5.58. The van der Waals surface area contributed by atoms with Gasteiger partial charge in [-0.2, -0.15) is 0 Å². The number of carbonyl (C=O) groups excluding carboxylic acids is 1. The van der Waals surface area contributed by atoms with Gasteiger partial charge in [0.05, 0.1) is 13.7 Å². The number of ether oxygens (including phenoxy) is 2. The average Bonchev–Trinajstić information content (AvgIpc) is 3.60. The zero-order valence-electron chi connectivity index (χ0n) is 18.5. The van der Waals surface area contributed by atoms with E-state index in [0.29, 0.717) is 23.6 Å². The minimum absolute atomic E-state index is 0.0231. The maximum atomic E-state index is 13.2. The standard InChI is InChI=1S/C26H27NO5/c1-26(2)14-13-18-8-11-20(23(31-3)24(18)32-26)16-27(25(30)19-9-10-19)21-6-4-5-17(15-21)7-12-22(28)29/h4-8,11-15,19H,9-10,16H2,1-3H3,(H,28,29)/b12-7+. The molecule has 166 valence electrons. The number of anilines is 1. The Morgan fingerprint density at radius 1 is 1.25 bits per heavy atom. The smallest absolute Gasteiger partial charge is 0.328 e. The number of carbonyl (C=O) groups is 2. The first-order valence-corrected chi connectivity index (χ1v) is 10.7. The van der Waals surface area contributed by atoms with Crippen LogP contribution in [-0.2, 0) is 16.1 Å². The van der Waals surface area contributed by atoms with Crippen molar-refractivity contribution in [3.8, 4) is 11.5 Å². The molecule has 0 radical (unpaired) electrons. The first kappa shape index (κ1) is 21.7. The summed E-state index contributed by atoms with van der Waals surface area (Å²) in [6.45, 7) is 4.29. The molecule has 1 N–H and O–H groups in total. The van der Waals surface area contributed by atoms with E-state index >= 15 is 0 Å². The molecule has 2 aromatic carbocycles. The molecule has 1 aliphatic heterocycles. The molecule has 1 amide bonds. The van der Waals surface area contributed by atoms with Gasteiger partial charge in [-0.05, 0) is 56.5 Å². The largest absolute Gasteiger partial charge is 0.492 e. The van der Waals surface area contributed by atoms with Crippen molar-refractivity contribution in [1.82, 2.24) is 0 Å². The second-order valence-corrected chi connectivity index (χ2v) is 8.68. The predicted molar refractivity (Wildman–Crippen MR) is 124 cm³/mol. The van der Waals surface area contributed by atoms with Crippen LogP contribution in [-0.4, -0.2) is 29.7 Å². The number of amides is 1. The highest BCUT2D eigenvalue weighted by molar-refractivity contribution is 5.97. The third-order valence-corrected chi connectivity index (χ3v) is 5.58. The van der Waals surface area contributed by atoms with Crippen LogP contribution in [0.2, 0.25) is 0 Å². The molecule has 1 aliphatic carbocycles. The summed E-state index contributed by atoms with van der Waals surface area (Å²) >= 11 is 0. The average molecular weight is 434 g/mol. The normalized spacial score (nSPS) is 16.3. The molecule has 2 aromatic rings.